The van der Waals surface area contributed by atoms with Crippen molar-refractivity contribution in [3.8, 4) is 0 Å². The highest BCUT2D eigenvalue weighted by molar-refractivity contribution is 6.02. The highest BCUT2D eigenvalue weighted by Gasteiger charge is 2.25. The quantitative estimate of drug-likeness (QED) is 0.262. The molecule has 0 spiro atoms. The molecule has 78 valence electrons. The number of carbonyl (C=O) groups excluding carboxylic acids is 2. The SMILES string of the molecule is N[NH+]([O-])c1ccc2c(c1)C(=O)OC(=O)C2. The van der Waals surface area contributed by atoms with Gasteiger partial charge in [-0.25, -0.2) is 4.79 Å². The van der Waals surface area contributed by atoms with E-state index in [0.29, 0.717) is 5.56 Å². The van der Waals surface area contributed by atoms with Crippen molar-refractivity contribution in [1.29, 1.82) is 0 Å². The van der Waals surface area contributed by atoms with Crippen molar-refractivity contribution in [2.24, 2.45) is 5.84 Å². The number of rotatable bonds is 1. The predicted molar refractivity (Wildman–Crippen MR) is 48.7 cm³/mol. The molecule has 1 unspecified atom stereocenters. The normalized spacial score (nSPS) is 16.9. The summed E-state index contributed by atoms with van der Waals surface area (Å²) in [4.78, 5) is 22.2. The molecule has 15 heavy (non-hydrogen) atoms. The number of nitrogens with two attached hydrogens (primary N) is 1. The Kier molecular flexibility index (Phi) is 2.24. The minimum Gasteiger partial charge on any atom is -0.608 e. The third kappa shape index (κ3) is 1.73. The molecule has 0 bridgehead atoms. The van der Waals surface area contributed by atoms with E-state index in [2.05, 4.69) is 4.74 Å². The van der Waals surface area contributed by atoms with Gasteiger partial charge in [0.2, 0.25) is 0 Å². The fraction of sp³-hybridized carbons (Fsp3) is 0.111. The first kappa shape index (κ1) is 9.78. The summed E-state index contributed by atoms with van der Waals surface area (Å²) in [6.45, 7) is 0. The van der Waals surface area contributed by atoms with E-state index < -0.39 is 17.1 Å². The number of hydrogen-bond donors (Lipinski definition) is 2. The van der Waals surface area contributed by atoms with E-state index in [1.807, 2.05) is 0 Å². The Hall–Kier alpha value is -1.76. The Balaban J connectivity index is 2.48. The Morgan fingerprint density at radius 1 is 1.40 bits per heavy atom. The van der Waals surface area contributed by atoms with Gasteiger partial charge in [-0.05, 0) is 5.56 Å². The van der Waals surface area contributed by atoms with Crippen LogP contribution in [-0.2, 0) is 16.0 Å². The number of hydrogen-bond acceptors (Lipinski definition) is 5. The van der Waals surface area contributed by atoms with Crippen LogP contribution in [0.25, 0.3) is 0 Å². The topological polar surface area (TPSA) is 96.9 Å². The summed E-state index contributed by atoms with van der Waals surface area (Å²) in [5, 5.41) is 10.2. The summed E-state index contributed by atoms with van der Waals surface area (Å²) in [6.07, 6.45) is 0.0418. The van der Waals surface area contributed by atoms with E-state index in [0.717, 1.165) is 0 Å². The van der Waals surface area contributed by atoms with Crippen LogP contribution in [0.3, 0.4) is 0 Å². The minimum absolute atomic E-state index is 0.0418. The average molecular weight is 208 g/mol. The molecule has 1 aromatic carbocycles. The molecule has 6 nitrogen and oxygen atoms in total. The first-order chi connectivity index (χ1) is 7.08. The molecule has 0 radical (unpaired) electrons. The number of nitrogen functional groups attached to an aromatic ring is 1. The third-order valence-electron chi connectivity index (χ3n) is 2.16. The van der Waals surface area contributed by atoms with Gasteiger partial charge in [-0.2, -0.15) is 5.84 Å². The van der Waals surface area contributed by atoms with Crippen molar-refractivity contribution in [2.45, 2.75) is 6.42 Å². The molecule has 1 aromatic rings. The molecule has 3 N–H and O–H groups in total. The lowest BCUT2D eigenvalue weighted by Gasteiger charge is -2.18. The lowest BCUT2D eigenvalue weighted by Crippen LogP contribution is -3.08. The lowest BCUT2D eigenvalue weighted by atomic mass is 10.0. The molecule has 1 atom stereocenters. The first-order valence-electron chi connectivity index (χ1n) is 4.25. The summed E-state index contributed by atoms with van der Waals surface area (Å²) in [7, 11) is 0. The maximum atomic E-state index is 11.3. The molecule has 2 rings (SSSR count). The monoisotopic (exact) mass is 208 g/mol. The number of quaternary nitrogens is 1. The van der Waals surface area contributed by atoms with Gasteiger partial charge in [0.05, 0.1) is 12.0 Å². The Morgan fingerprint density at radius 2 is 2.13 bits per heavy atom. The zero-order valence-corrected chi connectivity index (χ0v) is 7.65. The van der Waals surface area contributed by atoms with Crippen LogP contribution in [0.5, 0.6) is 0 Å². The molecule has 0 aliphatic carbocycles. The van der Waals surface area contributed by atoms with E-state index in [-0.39, 0.29) is 17.7 Å². The predicted octanol–water partition coefficient (Wildman–Crippen LogP) is -1.19. The second-order valence-corrected chi connectivity index (χ2v) is 3.17. The van der Waals surface area contributed by atoms with E-state index in [1.165, 1.54) is 18.2 Å². The molecule has 0 saturated carbocycles. The van der Waals surface area contributed by atoms with Gasteiger partial charge in [0.15, 0.2) is 5.69 Å². The van der Waals surface area contributed by atoms with Crippen molar-refractivity contribution in [3.63, 3.8) is 0 Å². The van der Waals surface area contributed by atoms with Gasteiger partial charge in [0.25, 0.3) is 0 Å². The zero-order valence-electron chi connectivity index (χ0n) is 7.65. The largest absolute Gasteiger partial charge is 0.608 e. The second-order valence-electron chi connectivity index (χ2n) is 3.17. The molecule has 0 saturated heterocycles. The third-order valence-corrected chi connectivity index (χ3v) is 2.16. The maximum Gasteiger partial charge on any atom is 0.346 e. The molecule has 0 amide bonds. The van der Waals surface area contributed by atoms with Gasteiger partial charge in [0.1, 0.15) is 0 Å². The van der Waals surface area contributed by atoms with Gasteiger partial charge in [-0.1, -0.05) is 6.07 Å². The van der Waals surface area contributed by atoms with Gasteiger partial charge in [-0.3, -0.25) is 9.97 Å². The van der Waals surface area contributed by atoms with Crippen LogP contribution < -0.4 is 11.0 Å². The van der Waals surface area contributed by atoms with Crippen LogP contribution in [0.4, 0.5) is 5.69 Å². The first-order valence-corrected chi connectivity index (χ1v) is 4.25. The fourth-order valence-corrected chi connectivity index (χ4v) is 1.42. The van der Waals surface area contributed by atoms with Crippen LogP contribution in [0, 0.1) is 5.21 Å². The number of nitrogens with one attached hydrogen (secondary N) is 1. The molecule has 1 heterocycles. The number of fused-ring (bicyclic) bond motifs is 1. The molecule has 0 fully saturated rings. The molecular weight excluding hydrogens is 200 g/mol. The number of carbonyl (C=O) groups is 2. The Bertz CT molecular complexity index is 442. The fourth-order valence-electron chi connectivity index (χ4n) is 1.42. The minimum atomic E-state index is -0.732. The molecule has 6 heteroatoms. The van der Waals surface area contributed by atoms with Gasteiger partial charge >= 0.3 is 11.9 Å². The van der Waals surface area contributed by atoms with Crippen molar-refractivity contribution in [3.05, 3.63) is 34.5 Å². The van der Waals surface area contributed by atoms with Crippen molar-refractivity contribution in [2.75, 3.05) is 0 Å². The van der Waals surface area contributed by atoms with Crippen LogP contribution >= 0.6 is 0 Å². The van der Waals surface area contributed by atoms with Gasteiger partial charge in [-0.15, -0.1) is 0 Å². The smallest absolute Gasteiger partial charge is 0.346 e. The highest BCUT2D eigenvalue weighted by Crippen LogP contribution is 2.19. The molecule has 1 aliphatic rings. The number of ether oxygens (including phenoxy) is 1. The number of cyclic esters (lactones) is 2. The summed E-state index contributed by atoms with van der Waals surface area (Å²) in [5.74, 6) is 3.75. The van der Waals surface area contributed by atoms with Crippen molar-refractivity contribution < 1.29 is 19.5 Å². The van der Waals surface area contributed by atoms with E-state index in [4.69, 9.17) is 5.84 Å². The zero-order chi connectivity index (χ0) is 11.0. The summed E-state index contributed by atoms with van der Waals surface area (Å²) in [5.41, 5.74) is 1.01. The van der Waals surface area contributed by atoms with Crippen LogP contribution in [0.15, 0.2) is 18.2 Å². The number of esters is 2. The van der Waals surface area contributed by atoms with Crippen LogP contribution in [0.1, 0.15) is 15.9 Å². The summed E-state index contributed by atoms with van der Waals surface area (Å²) < 4.78 is 4.42. The van der Waals surface area contributed by atoms with E-state index in [1.54, 1.807) is 0 Å². The van der Waals surface area contributed by atoms with Gasteiger partial charge in [0, 0.05) is 12.1 Å². The van der Waals surface area contributed by atoms with Crippen molar-refractivity contribution >= 4 is 17.6 Å². The standard InChI is InChI=1S/C9H8N2O4/c10-11(14)6-2-1-5-3-8(12)15-9(13)7(5)4-6/h1-2,4,11H,3,10H2. The Labute approximate surface area is 84.8 Å². The van der Waals surface area contributed by atoms with E-state index in [9.17, 15) is 14.8 Å². The number of benzene rings is 1. The highest BCUT2D eigenvalue weighted by atomic mass is 16.6. The molecular formula is C9H8N2O4. The van der Waals surface area contributed by atoms with Gasteiger partial charge < -0.3 is 9.94 Å². The van der Waals surface area contributed by atoms with Crippen LogP contribution in [0.2, 0.25) is 0 Å². The summed E-state index contributed by atoms with van der Waals surface area (Å²) in [6, 6.07) is 4.35. The van der Waals surface area contributed by atoms with E-state index >= 15 is 0 Å². The second kappa shape index (κ2) is 3.43. The Morgan fingerprint density at radius 3 is 2.80 bits per heavy atom. The maximum absolute atomic E-state index is 11.3. The average Bonchev–Trinajstić information content (AvgIpc) is 2.16. The molecule has 0 aromatic heterocycles. The summed E-state index contributed by atoms with van der Waals surface area (Å²) >= 11 is 0. The van der Waals surface area contributed by atoms with Crippen LogP contribution in [-0.4, -0.2) is 11.9 Å². The molecule has 1 aliphatic heterocycles. The lowest BCUT2D eigenvalue weighted by molar-refractivity contribution is -0.789. The van der Waals surface area contributed by atoms with Crippen molar-refractivity contribution in [1.82, 2.24) is 0 Å².